The molecular weight excluding hydrogens is 340 g/mol. The van der Waals surface area contributed by atoms with Crippen molar-refractivity contribution in [1.29, 1.82) is 0 Å². The molecule has 6 nitrogen and oxygen atoms in total. The van der Waals surface area contributed by atoms with Gasteiger partial charge in [0.05, 0.1) is 12.8 Å². The van der Waals surface area contributed by atoms with Gasteiger partial charge in [-0.05, 0) is 24.6 Å². The topological polar surface area (TPSA) is 60.2 Å². The average Bonchev–Trinajstić information content (AvgIpc) is 3.12. The zero-order valence-corrected chi connectivity index (χ0v) is 15.9. The monoisotopic (exact) mass is 364 g/mol. The Kier molecular flexibility index (Phi) is 5.86. The summed E-state index contributed by atoms with van der Waals surface area (Å²) in [6.07, 6.45) is 5.43. The van der Waals surface area contributed by atoms with E-state index >= 15 is 0 Å². The molecule has 0 aliphatic heterocycles. The van der Waals surface area contributed by atoms with Crippen molar-refractivity contribution < 1.29 is 9.53 Å². The fourth-order valence-electron chi connectivity index (χ4n) is 2.93. The molecule has 3 aromatic rings. The van der Waals surface area contributed by atoms with Crippen molar-refractivity contribution in [2.24, 2.45) is 7.05 Å². The van der Waals surface area contributed by atoms with Crippen LogP contribution in [0.4, 0.5) is 0 Å². The molecule has 0 saturated heterocycles. The SMILES string of the molecule is COc1cccc(-c2cccc(C(=O)N(C)CCCc3nccn3C)c2)n1. The number of carbonyl (C=O) groups excluding carboxylic acids is 1. The molecule has 0 saturated carbocycles. The minimum Gasteiger partial charge on any atom is -0.481 e. The Labute approximate surface area is 159 Å². The number of aryl methyl sites for hydroxylation is 2. The molecule has 1 aromatic carbocycles. The molecule has 2 aromatic heterocycles. The summed E-state index contributed by atoms with van der Waals surface area (Å²) >= 11 is 0. The maximum absolute atomic E-state index is 12.8. The summed E-state index contributed by atoms with van der Waals surface area (Å²) in [4.78, 5) is 23.3. The van der Waals surface area contributed by atoms with Crippen molar-refractivity contribution in [1.82, 2.24) is 19.4 Å². The normalized spacial score (nSPS) is 10.6. The number of amides is 1. The Balaban J connectivity index is 1.66. The van der Waals surface area contributed by atoms with Gasteiger partial charge in [0, 0.05) is 56.6 Å². The van der Waals surface area contributed by atoms with Crippen molar-refractivity contribution in [3.05, 3.63) is 66.2 Å². The number of carbonyl (C=O) groups is 1. The number of hydrogen-bond donors (Lipinski definition) is 0. The van der Waals surface area contributed by atoms with Gasteiger partial charge in [0.15, 0.2) is 0 Å². The highest BCUT2D eigenvalue weighted by molar-refractivity contribution is 5.95. The molecule has 0 aliphatic carbocycles. The lowest BCUT2D eigenvalue weighted by molar-refractivity contribution is 0.0793. The van der Waals surface area contributed by atoms with Gasteiger partial charge in [-0.25, -0.2) is 9.97 Å². The summed E-state index contributed by atoms with van der Waals surface area (Å²) in [6, 6.07) is 13.1. The van der Waals surface area contributed by atoms with Gasteiger partial charge in [-0.1, -0.05) is 18.2 Å². The number of rotatable bonds is 7. The first-order valence-electron chi connectivity index (χ1n) is 8.91. The van der Waals surface area contributed by atoms with Crippen LogP contribution in [0.15, 0.2) is 54.9 Å². The van der Waals surface area contributed by atoms with Crippen LogP contribution >= 0.6 is 0 Å². The van der Waals surface area contributed by atoms with E-state index < -0.39 is 0 Å². The largest absolute Gasteiger partial charge is 0.481 e. The fraction of sp³-hybridized carbons (Fsp3) is 0.286. The molecule has 6 heteroatoms. The number of benzene rings is 1. The smallest absolute Gasteiger partial charge is 0.253 e. The number of methoxy groups -OCH3 is 1. The Hall–Kier alpha value is -3.15. The van der Waals surface area contributed by atoms with E-state index in [0.29, 0.717) is 18.0 Å². The molecule has 3 rings (SSSR count). The zero-order chi connectivity index (χ0) is 19.2. The maximum atomic E-state index is 12.8. The molecule has 0 fully saturated rings. The molecule has 0 N–H and O–H groups in total. The van der Waals surface area contributed by atoms with Crippen LogP contribution in [0.3, 0.4) is 0 Å². The minimum atomic E-state index is -0.000383. The maximum Gasteiger partial charge on any atom is 0.253 e. The average molecular weight is 364 g/mol. The van der Waals surface area contributed by atoms with Gasteiger partial charge in [0.1, 0.15) is 5.82 Å². The van der Waals surface area contributed by atoms with Crippen molar-refractivity contribution in [3.63, 3.8) is 0 Å². The molecule has 0 spiro atoms. The van der Waals surface area contributed by atoms with Crippen LogP contribution in [0.1, 0.15) is 22.6 Å². The summed E-state index contributed by atoms with van der Waals surface area (Å²) in [5.41, 5.74) is 2.32. The molecule has 2 heterocycles. The fourth-order valence-corrected chi connectivity index (χ4v) is 2.93. The van der Waals surface area contributed by atoms with Gasteiger partial charge in [-0.2, -0.15) is 0 Å². The number of nitrogens with zero attached hydrogens (tertiary/aromatic N) is 4. The number of ether oxygens (including phenoxy) is 1. The molecule has 0 radical (unpaired) electrons. The third kappa shape index (κ3) is 4.53. The number of imidazole rings is 1. The van der Waals surface area contributed by atoms with E-state index in [2.05, 4.69) is 9.97 Å². The summed E-state index contributed by atoms with van der Waals surface area (Å²) in [6.45, 7) is 0.674. The van der Waals surface area contributed by atoms with Gasteiger partial charge in [0.2, 0.25) is 5.88 Å². The second-order valence-corrected chi connectivity index (χ2v) is 6.43. The predicted molar refractivity (Wildman–Crippen MR) is 105 cm³/mol. The van der Waals surface area contributed by atoms with Gasteiger partial charge in [-0.3, -0.25) is 4.79 Å². The third-order valence-electron chi connectivity index (χ3n) is 4.50. The van der Waals surface area contributed by atoms with Crippen molar-refractivity contribution >= 4 is 5.91 Å². The molecule has 0 unspecified atom stereocenters. The lowest BCUT2D eigenvalue weighted by Gasteiger charge is -2.17. The minimum absolute atomic E-state index is 0.000383. The quantitative estimate of drug-likeness (QED) is 0.646. The summed E-state index contributed by atoms with van der Waals surface area (Å²) in [5, 5.41) is 0. The van der Waals surface area contributed by atoms with Crippen molar-refractivity contribution in [3.8, 4) is 17.1 Å². The molecule has 140 valence electrons. The lowest BCUT2D eigenvalue weighted by atomic mass is 10.1. The molecular formula is C21H24N4O2. The van der Waals surface area contributed by atoms with Gasteiger partial charge in [0.25, 0.3) is 5.91 Å². The van der Waals surface area contributed by atoms with Gasteiger partial charge >= 0.3 is 0 Å². The van der Waals surface area contributed by atoms with Crippen LogP contribution in [0.25, 0.3) is 11.3 Å². The Bertz CT molecular complexity index is 920. The Morgan fingerprint density at radius 3 is 2.78 bits per heavy atom. The Morgan fingerprint density at radius 1 is 1.22 bits per heavy atom. The first-order valence-corrected chi connectivity index (χ1v) is 8.91. The molecule has 0 atom stereocenters. The van der Waals surface area contributed by atoms with E-state index in [1.54, 1.807) is 24.3 Å². The standard InChI is InChI=1S/C21H24N4O2/c1-24-14-12-22-19(24)10-6-13-25(2)21(26)17-8-4-7-16(15-17)18-9-5-11-20(23-18)27-3/h4-5,7-9,11-12,14-15H,6,10,13H2,1-3H3. The summed E-state index contributed by atoms with van der Waals surface area (Å²) in [5.74, 6) is 1.58. The first-order chi connectivity index (χ1) is 13.1. The molecule has 1 amide bonds. The van der Waals surface area contributed by atoms with Crippen molar-refractivity contribution in [2.75, 3.05) is 20.7 Å². The van der Waals surface area contributed by atoms with Crippen LogP contribution in [-0.2, 0) is 13.5 Å². The van der Waals surface area contributed by atoms with Crippen LogP contribution in [0, 0.1) is 0 Å². The molecule has 0 aliphatic rings. The van der Waals surface area contributed by atoms with Crippen LogP contribution < -0.4 is 4.74 Å². The lowest BCUT2D eigenvalue weighted by Crippen LogP contribution is -2.28. The van der Waals surface area contributed by atoms with Crippen molar-refractivity contribution in [2.45, 2.75) is 12.8 Å². The zero-order valence-electron chi connectivity index (χ0n) is 15.9. The molecule has 27 heavy (non-hydrogen) atoms. The van der Waals surface area contributed by atoms with E-state index in [4.69, 9.17) is 4.74 Å². The highest BCUT2D eigenvalue weighted by Crippen LogP contribution is 2.21. The number of hydrogen-bond acceptors (Lipinski definition) is 4. The molecule has 0 bridgehead atoms. The second-order valence-electron chi connectivity index (χ2n) is 6.43. The number of aromatic nitrogens is 3. The third-order valence-corrected chi connectivity index (χ3v) is 4.50. The van der Waals surface area contributed by atoms with E-state index in [1.165, 1.54) is 0 Å². The highest BCUT2D eigenvalue weighted by atomic mass is 16.5. The van der Waals surface area contributed by atoms with Crippen LogP contribution in [-0.4, -0.2) is 46.0 Å². The Morgan fingerprint density at radius 2 is 2.04 bits per heavy atom. The second kappa shape index (κ2) is 8.49. The highest BCUT2D eigenvalue weighted by Gasteiger charge is 2.13. The van der Waals surface area contributed by atoms with Crippen LogP contribution in [0.2, 0.25) is 0 Å². The van der Waals surface area contributed by atoms with Gasteiger partial charge in [-0.15, -0.1) is 0 Å². The summed E-state index contributed by atoms with van der Waals surface area (Å²) in [7, 11) is 5.40. The van der Waals surface area contributed by atoms with E-state index in [-0.39, 0.29) is 5.91 Å². The first kappa shape index (κ1) is 18.6. The summed E-state index contributed by atoms with van der Waals surface area (Å²) < 4.78 is 7.19. The van der Waals surface area contributed by atoms with Crippen LogP contribution in [0.5, 0.6) is 5.88 Å². The predicted octanol–water partition coefficient (Wildman–Crippen LogP) is 3.20. The van der Waals surface area contributed by atoms with Gasteiger partial charge < -0.3 is 14.2 Å². The number of pyridine rings is 1. The van der Waals surface area contributed by atoms with E-state index in [0.717, 1.165) is 29.9 Å². The van der Waals surface area contributed by atoms with E-state index in [1.807, 2.05) is 61.3 Å². The van der Waals surface area contributed by atoms with E-state index in [9.17, 15) is 4.79 Å².